The smallest absolute Gasteiger partial charge is 0.240 e. The van der Waals surface area contributed by atoms with Crippen molar-refractivity contribution in [1.82, 2.24) is 10.2 Å². The minimum atomic E-state index is -0.0366. The molecule has 2 aliphatic rings. The molecule has 0 saturated carbocycles. The van der Waals surface area contributed by atoms with Gasteiger partial charge in [-0.1, -0.05) is 38.1 Å². The van der Waals surface area contributed by atoms with Gasteiger partial charge in [-0.15, -0.1) is 12.4 Å². The number of amides is 1. The van der Waals surface area contributed by atoms with Gasteiger partial charge in [0, 0.05) is 19.6 Å². The predicted octanol–water partition coefficient (Wildman–Crippen LogP) is 2.63. The summed E-state index contributed by atoms with van der Waals surface area (Å²) < 4.78 is 0. The molecule has 0 spiro atoms. The van der Waals surface area contributed by atoms with Crippen LogP contribution in [-0.4, -0.2) is 29.9 Å². The lowest BCUT2D eigenvalue weighted by Gasteiger charge is -2.38. The van der Waals surface area contributed by atoms with E-state index < -0.39 is 0 Å². The number of rotatable bonds is 1. The Morgan fingerprint density at radius 1 is 1.19 bits per heavy atom. The van der Waals surface area contributed by atoms with Gasteiger partial charge in [0.2, 0.25) is 5.91 Å². The SMILES string of the molecule is CC1CCN(C(=O)C2Cc3ccccc3CN2)CC1C.Cl. The summed E-state index contributed by atoms with van der Waals surface area (Å²) in [6, 6.07) is 8.39. The Kier molecular flexibility index (Phi) is 5.28. The summed E-state index contributed by atoms with van der Waals surface area (Å²) in [6.07, 6.45) is 1.96. The molecule has 0 radical (unpaired) electrons. The van der Waals surface area contributed by atoms with Crippen molar-refractivity contribution in [1.29, 1.82) is 0 Å². The molecule has 3 atom stereocenters. The summed E-state index contributed by atoms with van der Waals surface area (Å²) in [6.45, 7) is 7.20. The molecule has 2 aliphatic heterocycles. The van der Waals surface area contributed by atoms with Gasteiger partial charge < -0.3 is 10.2 Å². The van der Waals surface area contributed by atoms with Gasteiger partial charge in [0.15, 0.2) is 0 Å². The van der Waals surface area contributed by atoms with Crippen LogP contribution < -0.4 is 5.32 Å². The second-order valence-corrected chi connectivity index (χ2v) is 6.43. The Hall–Kier alpha value is -1.06. The molecule has 2 heterocycles. The zero-order valence-electron chi connectivity index (χ0n) is 12.8. The highest BCUT2D eigenvalue weighted by Gasteiger charge is 2.31. The Bertz CT molecular complexity index is 505. The molecule has 1 fully saturated rings. The Morgan fingerprint density at radius 2 is 1.90 bits per heavy atom. The van der Waals surface area contributed by atoms with Crippen molar-refractivity contribution in [3.63, 3.8) is 0 Å². The van der Waals surface area contributed by atoms with E-state index in [1.165, 1.54) is 11.1 Å². The molecule has 3 rings (SSSR count). The number of fused-ring (bicyclic) bond motifs is 1. The van der Waals surface area contributed by atoms with E-state index >= 15 is 0 Å². The highest BCUT2D eigenvalue weighted by atomic mass is 35.5. The maximum absolute atomic E-state index is 12.7. The fourth-order valence-corrected chi connectivity index (χ4v) is 3.31. The molecule has 1 aromatic rings. The maximum Gasteiger partial charge on any atom is 0.240 e. The molecule has 1 aromatic carbocycles. The fraction of sp³-hybridized carbons (Fsp3) is 0.588. The number of likely N-dealkylation sites (tertiary alicyclic amines) is 1. The van der Waals surface area contributed by atoms with Gasteiger partial charge in [0.25, 0.3) is 0 Å². The monoisotopic (exact) mass is 308 g/mol. The average molecular weight is 309 g/mol. The molecule has 0 aliphatic carbocycles. The van der Waals surface area contributed by atoms with Gasteiger partial charge in [-0.2, -0.15) is 0 Å². The Labute approximate surface area is 133 Å². The number of piperidine rings is 1. The van der Waals surface area contributed by atoms with Crippen LogP contribution in [0.15, 0.2) is 24.3 Å². The Balaban J connectivity index is 0.00000161. The first-order valence-corrected chi connectivity index (χ1v) is 7.74. The molecule has 116 valence electrons. The van der Waals surface area contributed by atoms with Gasteiger partial charge in [-0.25, -0.2) is 0 Å². The molecule has 0 bridgehead atoms. The van der Waals surface area contributed by atoms with Crippen molar-refractivity contribution in [2.45, 2.75) is 39.3 Å². The predicted molar refractivity (Wildman–Crippen MR) is 87.5 cm³/mol. The number of halogens is 1. The first-order chi connectivity index (χ1) is 9.65. The molecule has 4 heteroatoms. The molecule has 3 unspecified atom stereocenters. The lowest BCUT2D eigenvalue weighted by atomic mass is 9.87. The molecule has 0 aromatic heterocycles. The zero-order chi connectivity index (χ0) is 14.1. The second kappa shape index (κ2) is 6.80. The van der Waals surface area contributed by atoms with Crippen molar-refractivity contribution >= 4 is 18.3 Å². The second-order valence-electron chi connectivity index (χ2n) is 6.43. The average Bonchev–Trinajstić information content (AvgIpc) is 2.49. The fourth-order valence-electron chi connectivity index (χ4n) is 3.31. The molecule has 1 N–H and O–H groups in total. The summed E-state index contributed by atoms with van der Waals surface area (Å²) in [5.41, 5.74) is 2.65. The van der Waals surface area contributed by atoms with Gasteiger partial charge in [0.1, 0.15) is 0 Å². The van der Waals surface area contributed by atoms with E-state index in [9.17, 15) is 4.79 Å². The van der Waals surface area contributed by atoms with E-state index in [1.54, 1.807) is 0 Å². The van der Waals surface area contributed by atoms with Crippen LogP contribution in [0, 0.1) is 11.8 Å². The normalized spacial score (nSPS) is 28.5. The van der Waals surface area contributed by atoms with Crippen LogP contribution >= 0.6 is 12.4 Å². The molecular weight excluding hydrogens is 284 g/mol. The molecule has 1 amide bonds. The van der Waals surface area contributed by atoms with Crippen molar-refractivity contribution in [3.8, 4) is 0 Å². The first kappa shape index (κ1) is 16.3. The maximum atomic E-state index is 12.7. The molecule has 3 nitrogen and oxygen atoms in total. The standard InChI is InChI=1S/C17H24N2O.ClH/c1-12-7-8-19(11-13(12)2)17(20)16-9-14-5-3-4-6-15(14)10-18-16;/h3-6,12-13,16,18H,7-11H2,1-2H3;1H. The van der Waals surface area contributed by atoms with Gasteiger partial charge in [0.05, 0.1) is 6.04 Å². The number of hydrogen-bond acceptors (Lipinski definition) is 2. The number of nitrogens with one attached hydrogen (secondary N) is 1. The number of benzene rings is 1. The van der Waals surface area contributed by atoms with Crippen molar-refractivity contribution in [3.05, 3.63) is 35.4 Å². The lowest BCUT2D eigenvalue weighted by molar-refractivity contribution is -0.136. The van der Waals surface area contributed by atoms with Crippen molar-refractivity contribution < 1.29 is 4.79 Å². The van der Waals surface area contributed by atoms with Crippen LogP contribution in [0.4, 0.5) is 0 Å². The van der Waals surface area contributed by atoms with Crippen LogP contribution in [0.3, 0.4) is 0 Å². The van der Waals surface area contributed by atoms with E-state index in [0.29, 0.717) is 11.8 Å². The molecular formula is C17H25ClN2O. The number of hydrogen-bond donors (Lipinski definition) is 1. The third kappa shape index (κ3) is 3.41. The van der Waals surface area contributed by atoms with E-state index in [1.807, 2.05) is 0 Å². The van der Waals surface area contributed by atoms with E-state index in [-0.39, 0.29) is 18.4 Å². The molecule has 21 heavy (non-hydrogen) atoms. The first-order valence-electron chi connectivity index (χ1n) is 7.74. The van der Waals surface area contributed by atoms with E-state index in [2.05, 4.69) is 48.3 Å². The third-order valence-corrected chi connectivity index (χ3v) is 5.03. The largest absolute Gasteiger partial charge is 0.341 e. The Morgan fingerprint density at radius 3 is 2.62 bits per heavy atom. The minimum absolute atomic E-state index is 0. The van der Waals surface area contributed by atoms with E-state index in [4.69, 9.17) is 0 Å². The van der Waals surface area contributed by atoms with Crippen molar-refractivity contribution in [2.24, 2.45) is 11.8 Å². The quantitative estimate of drug-likeness (QED) is 0.865. The number of nitrogens with zero attached hydrogens (tertiary/aromatic N) is 1. The number of carbonyl (C=O) groups excluding carboxylic acids is 1. The summed E-state index contributed by atoms with van der Waals surface area (Å²) in [7, 11) is 0. The van der Waals surface area contributed by atoms with Crippen LogP contribution in [0.2, 0.25) is 0 Å². The lowest BCUT2D eigenvalue weighted by Crippen LogP contribution is -2.52. The summed E-state index contributed by atoms with van der Waals surface area (Å²) in [5.74, 6) is 1.64. The van der Waals surface area contributed by atoms with Crippen LogP contribution in [0.5, 0.6) is 0 Å². The van der Waals surface area contributed by atoms with E-state index in [0.717, 1.165) is 38.4 Å². The van der Waals surface area contributed by atoms with Crippen LogP contribution in [0.1, 0.15) is 31.4 Å². The summed E-state index contributed by atoms with van der Waals surface area (Å²) >= 11 is 0. The van der Waals surface area contributed by atoms with Gasteiger partial charge in [-0.3, -0.25) is 4.79 Å². The third-order valence-electron chi connectivity index (χ3n) is 5.03. The minimum Gasteiger partial charge on any atom is -0.341 e. The van der Waals surface area contributed by atoms with Crippen molar-refractivity contribution in [2.75, 3.05) is 13.1 Å². The summed E-state index contributed by atoms with van der Waals surface area (Å²) in [5, 5.41) is 3.41. The van der Waals surface area contributed by atoms with Crippen LogP contribution in [0.25, 0.3) is 0 Å². The molecule has 1 saturated heterocycles. The van der Waals surface area contributed by atoms with Crippen LogP contribution in [-0.2, 0) is 17.8 Å². The highest BCUT2D eigenvalue weighted by Crippen LogP contribution is 2.24. The zero-order valence-corrected chi connectivity index (χ0v) is 13.7. The highest BCUT2D eigenvalue weighted by molar-refractivity contribution is 5.85. The number of carbonyl (C=O) groups is 1. The topological polar surface area (TPSA) is 32.3 Å². The van der Waals surface area contributed by atoms with Gasteiger partial charge in [-0.05, 0) is 35.8 Å². The van der Waals surface area contributed by atoms with Gasteiger partial charge >= 0.3 is 0 Å². The summed E-state index contributed by atoms with van der Waals surface area (Å²) in [4.78, 5) is 14.7.